The van der Waals surface area contributed by atoms with Crippen molar-refractivity contribution in [2.24, 2.45) is 0 Å². The summed E-state index contributed by atoms with van der Waals surface area (Å²) in [7, 11) is 0. The minimum Gasteiger partial charge on any atom is -0.491 e. The highest BCUT2D eigenvalue weighted by molar-refractivity contribution is 5.76. The maximum absolute atomic E-state index is 10.4. The zero-order chi connectivity index (χ0) is 17.1. The number of anilines is 1. The number of aliphatic hydroxyl groups excluding tert-OH is 1. The van der Waals surface area contributed by atoms with Gasteiger partial charge in [0.15, 0.2) is 0 Å². The molecular formula is C19H23N3O2. The van der Waals surface area contributed by atoms with Crippen molar-refractivity contribution in [2.45, 2.75) is 32.4 Å². The molecule has 0 aliphatic heterocycles. The van der Waals surface area contributed by atoms with Crippen LogP contribution in [0.25, 0.3) is 11.0 Å². The zero-order valence-electron chi connectivity index (χ0n) is 14.0. The summed E-state index contributed by atoms with van der Waals surface area (Å²) in [6.07, 6.45) is -0.627. The van der Waals surface area contributed by atoms with Crippen molar-refractivity contribution in [2.75, 3.05) is 12.3 Å². The zero-order valence-corrected chi connectivity index (χ0v) is 14.0. The lowest BCUT2D eigenvalue weighted by Gasteiger charge is -2.17. The lowest BCUT2D eigenvalue weighted by Crippen LogP contribution is -2.24. The molecule has 0 spiro atoms. The fourth-order valence-corrected chi connectivity index (χ4v) is 2.75. The summed E-state index contributed by atoms with van der Waals surface area (Å²) in [5.74, 6) is 1.95. The first kappa shape index (κ1) is 16.3. The fourth-order valence-electron chi connectivity index (χ4n) is 2.75. The number of rotatable bonds is 6. The number of imidazole rings is 1. The Labute approximate surface area is 141 Å². The largest absolute Gasteiger partial charge is 0.491 e. The summed E-state index contributed by atoms with van der Waals surface area (Å²) in [6, 6.07) is 15.1. The van der Waals surface area contributed by atoms with Gasteiger partial charge in [0.1, 0.15) is 24.3 Å². The van der Waals surface area contributed by atoms with Gasteiger partial charge >= 0.3 is 0 Å². The lowest BCUT2D eigenvalue weighted by atomic mass is 10.2. The van der Waals surface area contributed by atoms with Gasteiger partial charge in [-0.15, -0.1) is 0 Å². The van der Waals surface area contributed by atoms with Crippen LogP contribution in [0.4, 0.5) is 5.69 Å². The highest BCUT2D eigenvalue weighted by Crippen LogP contribution is 2.22. The van der Waals surface area contributed by atoms with Crippen LogP contribution < -0.4 is 10.5 Å². The molecule has 0 aliphatic rings. The number of nitrogen functional groups attached to an aromatic ring is 1. The Balaban J connectivity index is 1.73. The molecule has 0 amide bonds. The topological polar surface area (TPSA) is 73.3 Å². The molecule has 3 aromatic rings. The molecule has 1 aromatic heterocycles. The molecule has 0 bridgehead atoms. The van der Waals surface area contributed by atoms with Crippen molar-refractivity contribution in [1.29, 1.82) is 0 Å². The van der Waals surface area contributed by atoms with Gasteiger partial charge in [-0.3, -0.25) is 0 Å². The highest BCUT2D eigenvalue weighted by Gasteiger charge is 2.16. The molecule has 126 valence electrons. The Morgan fingerprint density at radius 1 is 1.12 bits per heavy atom. The average Bonchev–Trinajstić information content (AvgIpc) is 2.93. The average molecular weight is 325 g/mol. The van der Waals surface area contributed by atoms with Crippen molar-refractivity contribution in [1.82, 2.24) is 9.55 Å². The van der Waals surface area contributed by atoms with Crippen LogP contribution in [0.2, 0.25) is 0 Å². The Morgan fingerprint density at radius 2 is 1.83 bits per heavy atom. The number of fused-ring (bicyclic) bond motifs is 1. The molecule has 1 heterocycles. The molecule has 0 saturated carbocycles. The molecule has 3 rings (SSSR count). The van der Waals surface area contributed by atoms with Crippen LogP contribution in [0, 0.1) is 0 Å². The predicted octanol–water partition coefficient (Wildman–Crippen LogP) is 3.18. The molecule has 1 atom stereocenters. The van der Waals surface area contributed by atoms with E-state index in [1.54, 1.807) is 24.3 Å². The van der Waals surface area contributed by atoms with Gasteiger partial charge in [0.25, 0.3) is 0 Å². The standard InChI is InChI=1S/C19H23N3O2/c1-13(2)19-21-17-5-3-4-6-18(17)22(19)11-15(23)12-24-16-9-7-14(20)8-10-16/h3-10,13,15,23H,11-12,20H2,1-2H3/t15-/m0/s1. The third kappa shape index (κ3) is 3.51. The monoisotopic (exact) mass is 325 g/mol. The second kappa shape index (κ2) is 6.93. The van der Waals surface area contributed by atoms with E-state index in [1.165, 1.54) is 0 Å². The lowest BCUT2D eigenvalue weighted by molar-refractivity contribution is 0.0925. The van der Waals surface area contributed by atoms with Gasteiger partial charge < -0.3 is 20.1 Å². The Hall–Kier alpha value is -2.53. The van der Waals surface area contributed by atoms with Crippen LogP contribution in [0.5, 0.6) is 5.75 Å². The van der Waals surface area contributed by atoms with Gasteiger partial charge in [-0.25, -0.2) is 4.98 Å². The number of aromatic nitrogens is 2. The molecule has 0 fully saturated rings. The molecule has 3 N–H and O–H groups in total. The first-order valence-electron chi connectivity index (χ1n) is 8.16. The molecule has 2 aromatic carbocycles. The molecule has 0 radical (unpaired) electrons. The van der Waals surface area contributed by atoms with Crippen molar-refractivity contribution in [3.63, 3.8) is 0 Å². The quantitative estimate of drug-likeness (QED) is 0.683. The van der Waals surface area contributed by atoms with E-state index in [0.29, 0.717) is 18.0 Å². The van der Waals surface area contributed by atoms with Crippen LogP contribution in [0.15, 0.2) is 48.5 Å². The number of nitrogens with two attached hydrogens (primary N) is 1. The normalized spacial score (nSPS) is 12.7. The van der Waals surface area contributed by atoms with E-state index in [9.17, 15) is 5.11 Å². The van der Waals surface area contributed by atoms with Crippen LogP contribution in [-0.4, -0.2) is 27.4 Å². The summed E-state index contributed by atoms with van der Waals surface area (Å²) in [4.78, 5) is 4.69. The van der Waals surface area contributed by atoms with E-state index >= 15 is 0 Å². The van der Waals surface area contributed by atoms with E-state index in [0.717, 1.165) is 16.9 Å². The summed E-state index contributed by atoms with van der Waals surface area (Å²) in [6.45, 7) is 4.88. The number of aliphatic hydroxyl groups is 1. The molecular weight excluding hydrogens is 302 g/mol. The van der Waals surface area contributed by atoms with Gasteiger partial charge in [0.2, 0.25) is 0 Å². The van der Waals surface area contributed by atoms with Crippen LogP contribution in [-0.2, 0) is 6.54 Å². The van der Waals surface area contributed by atoms with E-state index < -0.39 is 6.10 Å². The maximum Gasteiger partial charge on any atom is 0.119 e. The first-order valence-corrected chi connectivity index (χ1v) is 8.16. The fraction of sp³-hybridized carbons (Fsp3) is 0.316. The molecule has 0 saturated heterocycles. The van der Waals surface area contributed by atoms with Gasteiger partial charge in [0.05, 0.1) is 17.6 Å². The van der Waals surface area contributed by atoms with Crippen molar-refractivity contribution >= 4 is 16.7 Å². The van der Waals surface area contributed by atoms with Gasteiger partial charge in [-0.2, -0.15) is 0 Å². The van der Waals surface area contributed by atoms with E-state index in [2.05, 4.69) is 18.4 Å². The third-order valence-electron chi connectivity index (χ3n) is 3.92. The minimum atomic E-state index is -0.627. The molecule has 24 heavy (non-hydrogen) atoms. The summed E-state index contributed by atoms with van der Waals surface area (Å²) >= 11 is 0. The Bertz CT molecular complexity index is 809. The van der Waals surface area contributed by atoms with E-state index in [1.807, 2.05) is 24.3 Å². The van der Waals surface area contributed by atoms with Crippen molar-refractivity contribution < 1.29 is 9.84 Å². The SMILES string of the molecule is CC(C)c1nc2ccccc2n1C[C@H](O)COc1ccc(N)cc1. The number of nitrogens with zero attached hydrogens (tertiary/aromatic N) is 2. The number of hydrogen-bond acceptors (Lipinski definition) is 4. The van der Waals surface area contributed by atoms with Gasteiger partial charge in [-0.05, 0) is 36.4 Å². The van der Waals surface area contributed by atoms with Gasteiger partial charge in [-0.1, -0.05) is 26.0 Å². The summed E-state index contributed by atoms with van der Waals surface area (Å²) in [5, 5.41) is 10.4. The Kier molecular flexibility index (Phi) is 4.71. The molecule has 0 aliphatic carbocycles. The smallest absolute Gasteiger partial charge is 0.119 e. The second-order valence-electron chi connectivity index (χ2n) is 6.26. The number of para-hydroxylation sites is 2. The molecule has 0 unspecified atom stereocenters. The van der Waals surface area contributed by atoms with Gasteiger partial charge in [0, 0.05) is 11.6 Å². The van der Waals surface area contributed by atoms with Crippen LogP contribution >= 0.6 is 0 Å². The van der Waals surface area contributed by atoms with Crippen LogP contribution in [0.3, 0.4) is 0 Å². The maximum atomic E-state index is 10.4. The predicted molar refractivity (Wildman–Crippen MR) is 96.2 cm³/mol. The number of benzene rings is 2. The third-order valence-corrected chi connectivity index (χ3v) is 3.92. The number of ether oxygens (including phenoxy) is 1. The van der Waals surface area contributed by atoms with E-state index in [4.69, 9.17) is 15.5 Å². The molecule has 5 heteroatoms. The van der Waals surface area contributed by atoms with E-state index in [-0.39, 0.29) is 12.5 Å². The first-order chi connectivity index (χ1) is 11.5. The molecule has 5 nitrogen and oxygen atoms in total. The highest BCUT2D eigenvalue weighted by atomic mass is 16.5. The Morgan fingerprint density at radius 3 is 2.54 bits per heavy atom. The second-order valence-corrected chi connectivity index (χ2v) is 6.26. The van der Waals surface area contributed by atoms with Crippen LogP contribution in [0.1, 0.15) is 25.6 Å². The minimum absolute atomic E-state index is 0.216. The summed E-state index contributed by atoms with van der Waals surface area (Å²) in [5.41, 5.74) is 8.33. The summed E-state index contributed by atoms with van der Waals surface area (Å²) < 4.78 is 7.73. The van der Waals surface area contributed by atoms with Crippen molar-refractivity contribution in [3.8, 4) is 5.75 Å². The van der Waals surface area contributed by atoms with Crippen molar-refractivity contribution in [3.05, 3.63) is 54.4 Å². The number of hydrogen-bond donors (Lipinski definition) is 2.